The van der Waals surface area contributed by atoms with E-state index in [0.29, 0.717) is 12.8 Å². The minimum Gasteiger partial charge on any atom is -0.390 e. The van der Waals surface area contributed by atoms with Gasteiger partial charge in [0.05, 0.1) is 5.60 Å². The lowest BCUT2D eigenvalue weighted by atomic mass is 9.93. The number of carbonyl (C=O) groups is 2. The van der Waals surface area contributed by atoms with Crippen molar-refractivity contribution >= 4 is 23.2 Å². The summed E-state index contributed by atoms with van der Waals surface area (Å²) in [5.74, 6) is -0.424. The van der Waals surface area contributed by atoms with Crippen LogP contribution < -0.4 is 15.1 Å². The van der Waals surface area contributed by atoms with Crippen LogP contribution >= 0.6 is 0 Å². The number of amides is 2. The Bertz CT molecular complexity index is 634. The third kappa shape index (κ3) is 3.53. The predicted octanol–water partition coefficient (Wildman–Crippen LogP) is 1.28. The summed E-state index contributed by atoms with van der Waals surface area (Å²) in [5.41, 5.74) is 1.49. The van der Waals surface area contributed by atoms with Crippen molar-refractivity contribution in [1.29, 1.82) is 0 Å². The highest BCUT2D eigenvalue weighted by Crippen LogP contribution is 2.29. The van der Waals surface area contributed by atoms with Crippen LogP contribution in [0.3, 0.4) is 0 Å². The molecule has 0 saturated carbocycles. The van der Waals surface area contributed by atoms with Crippen LogP contribution in [0.5, 0.6) is 0 Å². The summed E-state index contributed by atoms with van der Waals surface area (Å²) >= 11 is 0. The Hall–Kier alpha value is -2.08. The molecule has 6 heteroatoms. The first-order chi connectivity index (χ1) is 11.4. The van der Waals surface area contributed by atoms with Crippen molar-refractivity contribution in [1.82, 2.24) is 5.32 Å². The molecular formula is C18H25N3O3. The highest BCUT2D eigenvalue weighted by molar-refractivity contribution is 6.01. The van der Waals surface area contributed by atoms with Crippen LogP contribution in [0.2, 0.25) is 0 Å². The molecule has 0 aromatic heterocycles. The van der Waals surface area contributed by atoms with Crippen molar-refractivity contribution in [2.24, 2.45) is 0 Å². The quantitative estimate of drug-likeness (QED) is 0.816. The Morgan fingerprint density at radius 1 is 1.29 bits per heavy atom. The van der Waals surface area contributed by atoms with E-state index in [9.17, 15) is 14.7 Å². The zero-order valence-corrected chi connectivity index (χ0v) is 14.3. The van der Waals surface area contributed by atoms with Crippen LogP contribution in [0.15, 0.2) is 24.3 Å². The number of nitrogens with zero attached hydrogens (tertiary/aromatic N) is 2. The molecule has 1 aromatic rings. The van der Waals surface area contributed by atoms with Crippen LogP contribution in [0.4, 0.5) is 11.4 Å². The topological polar surface area (TPSA) is 72.9 Å². The van der Waals surface area contributed by atoms with Crippen LogP contribution in [0.1, 0.15) is 32.6 Å². The molecule has 2 saturated heterocycles. The van der Waals surface area contributed by atoms with Gasteiger partial charge in [0.25, 0.3) is 0 Å². The van der Waals surface area contributed by atoms with Crippen molar-refractivity contribution in [2.45, 2.75) is 44.2 Å². The molecule has 2 heterocycles. The molecule has 2 aliphatic heterocycles. The van der Waals surface area contributed by atoms with Gasteiger partial charge in [0.1, 0.15) is 6.04 Å². The van der Waals surface area contributed by atoms with Gasteiger partial charge in [-0.3, -0.25) is 14.9 Å². The van der Waals surface area contributed by atoms with Crippen LogP contribution in [-0.2, 0) is 9.59 Å². The summed E-state index contributed by atoms with van der Waals surface area (Å²) < 4.78 is 0. The number of nitrogens with one attached hydrogen (secondary N) is 1. The van der Waals surface area contributed by atoms with Gasteiger partial charge in [0.2, 0.25) is 11.8 Å². The van der Waals surface area contributed by atoms with Gasteiger partial charge < -0.3 is 14.9 Å². The molecule has 130 valence electrons. The predicted molar refractivity (Wildman–Crippen MR) is 93.1 cm³/mol. The highest BCUT2D eigenvalue weighted by atomic mass is 16.3. The van der Waals surface area contributed by atoms with E-state index < -0.39 is 5.60 Å². The number of imide groups is 1. The van der Waals surface area contributed by atoms with E-state index in [-0.39, 0.29) is 17.9 Å². The van der Waals surface area contributed by atoms with Gasteiger partial charge in [-0.2, -0.15) is 0 Å². The minimum atomic E-state index is -0.572. The van der Waals surface area contributed by atoms with Crippen molar-refractivity contribution in [3.8, 4) is 0 Å². The number of piperidine rings is 2. The smallest absolute Gasteiger partial charge is 0.249 e. The van der Waals surface area contributed by atoms with E-state index >= 15 is 0 Å². The van der Waals surface area contributed by atoms with Gasteiger partial charge in [-0.1, -0.05) is 6.07 Å². The number of rotatable bonds is 3. The van der Waals surface area contributed by atoms with E-state index in [1.54, 1.807) is 0 Å². The molecule has 0 bridgehead atoms. The standard InChI is InChI=1S/C18H25N3O3/c1-18(24)8-10-21(11-9-18)14-5-3-4-13(12-14)20(2)15-6-7-16(22)19-17(15)23/h3-5,12,15,24H,6-11H2,1-2H3,(H,19,22,23). The number of likely N-dealkylation sites (N-methyl/N-ethyl adjacent to an activating group) is 1. The van der Waals surface area contributed by atoms with Crippen molar-refractivity contribution < 1.29 is 14.7 Å². The summed E-state index contributed by atoms with van der Waals surface area (Å²) in [4.78, 5) is 27.6. The summed E-state index contributed by atoms with van der Waals surface area (Å²) in [6.07, 6.45) is 2.42. The molecule has 2 aliphatic rings. The first-order valence-corrected chi connectivity index (χ1v) is 8.50. The molecule has 2 N–H and O–H groups in total. The number of aliphatic hydroxyl groups is 1. The summed E-state index contributed by atoms with van der Waals surface area (Å²) in [6.45, 7) is 3.52. The van der Waals surface area contributed by atoms with E-state index in [1.807, 2.05) is 31.0 Å². The van der Waals surface area contributed by atoms with Gasteiger partial charge in [-0.05, 0) is 44.4 Å². The zero-order chi connectivity index (χ0) is 17.3. The molecule has 2 amide bonds. The Morgan fingerprint density at radius 3 is 2.67 bits per heavy atom. The maximum Gasteiger partial charge on any atom is 0.249 e. The van der Waals surface area contributed by atoms with Crippen LogP contribution in [-0.4, -0.2) is 48.7 Å². The van der Waals surface area contributed by atoms with Crippen LogP contribution in [0.25, 0.3) is 0 Å². The molecule has 0 aliphatic carbocycles. The average molecular weight is 331 g/mol. The van der Waals surface area contributed by atoms with Crippen LogP contribution in [0, 0.1) is 0 Å². The van der Waals surface area contributed by atoms with Gasteiger partial charge in [0.15, 0.2) is 0 Å². The lowest BCUT2D eigenvalue weighted by Crippen LogP contribution is -2.51. The lowest BCUT2D eigenvalue weighted by molar-refractivity contribution is -0.134. The summed E-state index contributed by atoms with van der Waals surface area (Å²) in [7, 11) is 1.89. The fourth-order valence-electron chi connectivity index (χ4n) is 3.39. The second-order valence-corrected chi connectivity index (χ2v) is 7.08. The van der Waals surface area contributed by atoms with E-state index in [0.717, 1.165) is 37.3 Å². The number of carbonyl (C=O) groups excluding carboxylic acids is 2. The number of hydrogen-bond donors (Lipinski definition) is 2. The van der Waals surface area contributed by atoms with E-state index in [2.05, 4.69) is 22.3 Å². The van der Waals surface area contributed by atoms with Gasteiger partial charge in [-0.15, -0.1) is 0 Å². The SMILES string of the molecule is CN(c1cccc(N2CCC(C)(O)CC2)c1)C1CCC(=O)NC1=O. The van der Waals surface area contributed by atoms with Crippen molar-refractivity contribution in [3.05, 3.63) is 24.3 Å². The van der Waals surface area contributed by atoms with Gasteiger partial charge in [-0.25, -0.2) is 0 Å². The first-order valence-electron chi connectivity index (χ1n) is 8.50. The number of hydrogen-bond acceptors (Lipinski definition) is 5. The molecule has 2 fully saturated rings. The molecule has 6 nitrogen and oxygen atoms in total. The number of benzene rings is 1. The third-order valence-electron chi connectivity index (χ3n) is 5.12. The summed E-state index contributed by atoms with van der Waals surface area (Å²) in [5, 5.41) is 12.5. The molecule has 1 unspecified atom stereocenters. The third-order valence-corrected chi connectivity index (χ3v) is 5.12. The summed E-state index contributed by atoms with van der Waals surface area (Å²) in [6, 6.07) is 7.78. The fourth-order valence-corrected chi connectivity index (χ4v) is 3.39. The first kappa shape index (κ1) is 16.8. The lowest BCUT2D eigenvalue weighted by Gasteiger charge is -2.38. The Balaban J connectivity index is 1.73. The number of anilines is 2. The average Bonchev–Trinajstić information content (AvgIpc) is 2.54. The molecule has 1 aromatic carbocycles. The molecule has 3 rings (SSSR count). The van der Waals surface area contributed by atoms with Gasteiger partial charge in [0, 0.05) is 37.9 Å². The molecule has 1 atom stereocenters. The highest BCUT2D eigenvalue weighted by Gasteiger charge is 2.31. The minimum absolute atomic E-state index is 0.196. The monoisotopic (exact) mass is 331 g/mol. The van der Waals surface area contributed by atoms with Crippen molar-refractivity contribution in [3.63, 3.8) is 0 Å². The van der Waals surface area contributed by atoms with E-state index in [4.69, 9.17) is 0 Å². The maximum atomic E-state index is 12.1. The Kier molecular flexibility index (Phi) is 4.49. The largest absolute Gasteiger partial charge is 0.390 e. The van der Waals surface area contributed by atoms with E-state index in [1.165, 1.54) is 0 Å². The van der Waals surface area contributed by atoms with Crippen molar-refractivity contribution in [2.75, 3.05) is 29.9 Å². The maximum absolute atomic E-state index is 12.1. The second-order valence-electron chi connectivity index (χ2n) is 7.08. The second kappa shape index (κ2) is 6.43. The molecule has 24 heavy (non-hydrogen) atoms. The zero-order valence-electron chi connectivity index (χ0n) is 14.3. The molecular weight excluding hydrogens is 306 g/mol. The van der Waals surface area contributed by atoms with Gasteiger partial charge >= 0.3 is 0 Å². The Labute approximate surface area is 142 Å². The fraction of sp³-hybridized carbons (Fsp3) is 0.556. The molecule has 0 spiro atoms. The Morgan fingerprint density at radius 2 is 2.00 bits per heavy atom. The molecule has 0 radical (unpaired) electrons. The normalized spacial score (nSPS) is 23.8.